The maximum atomic E-state index is 5.14. The second-order valence-corrected chi connectivity index (χ2v) is 16.0. The molecule has 1 heterocycles. The van der Waals surface area contributed by atoms with Crippen molar-refractivity contribution < 1.29 is 0 Å². The van der Waals surface area contributed by atoms with Crippen molar-refractivity contribution in [3.8, 4) is 39.3 Å². The Kier molecular flexibility index (Phi) is 8.50. The van der Waals surface area contributed by atoms with Crippen molar-refractivity contribution in [3.05, 3.63) is 237 Å². The number of anilines is 3. The normalized spacial score (nSPS) is 11.5. The van der Waals surface area contributed by atoms with Gasteiger partial charge in [0, 0.05) is 28.3 Å². The van der Waals surface area contributed by atoms with Gasteiger partial charge < -0.3 is 4.90 Å². The lowest BCUT2D eigenvalue weighted by molar-refractivity contribution is 1.10. The van der Waals surface area contributed by atoms with Crippen LogP contribution in [0.15, 0.2) is 237 Å². The van der Waals surface area contributed by atoms with Crippen LogP contribution in [0.25, 0.3) is 93.5 Å². The van der Waals surface area contributed by atoms with E-state index < -0.39 is 0 Å². The summed E-state index contributed by atoms with van der Waals surface area (Å²) in [6.45, 7) is 0. The van der Waals surface area contributed by atoms with Crippen molar-refractivity contribution in [3.63, 3.8) is 0 Å². The SMILES string of the molecule is c1ccc(-c2nc3ccc(-c4cccc(-c5ccc(N(c6ccc7c(ccc8ccccc87)c6)c6ccc7c(ccc8ccccc87)c6)cc5)c4)cc3n2-c2ccccc2)cc1. The molecule has 290 valence electrons. The van der Waals surface area contributed by atoms with Crippen LogP contribution in [-0.2, 0) is 0 Å². The molecule has 3 nitrogen and oxygen atoms in total. The first-order valence-corrected chi connectivity index (χ1v) is 21.2. The Hall–Kier alpha value is -8.27. The highest BCUT2D eigenvalue weighted by Gasteiger charge is 2.18. The maximum Gasteiger partial charge on any atom is 0.145 e. The summed E-state index contributed by atoms with van der Waals surface area (Å²) in [7, 11) is 0. The number of imidazole rings is 1. The number of nitrogens with zero attached hydrogens (tertiary/aromatic N) is 3. The first-order chi connectivity index (χ1) is 30.7. The Balaban J connectivity index is 0.938. The van der Waals surface area contributed by atoms with Gasteiger partial charge in [0.1, 0.15) is 5.82 Å². The van der Waals surface area contributed by atoms with Crippen molar-refractivity contribution in [2.24, 2.45) is 0 Å². The van der Waals surface area contributed by atoms with Gasteiger partial charge in [-0.15, -0.1) is 0 Å². The highest BCUT2D eigenvalue weighted by atomic mass is 15.1. The zero-order chi connectivity index (χ0) is 41.0. The highest BCUT2D eigenvalue weighted by Crippen LogP contribution is 2.41. The predicted molar refractivity (Wildman–Crippen MR) is 262 cm³/mol. The highest BCUT2D eigenvalue weighted by molar-refractivity contribution is 6.10. The third kappa shape index (κ3) is 6.18. The molecule has 0 unspecified atom stereocenters. The summed E-state index contributed by atoms with van der Waals surface area (Å²) in [5, 5.41) is 9.99. The molecular formula is C59H39N3. The molecule has 0 fully saturated rings. The standard InChI is InChI=1S/C59H39N3/c1-3-14-43(15-4-1)59-60-57-35-28-46(39-58(57)62(59)49-18-5-2-6-19-49)45-17-11-16-44(36-45)40-26-29-50(30-27-40)61(51-31-33-55-47(37-51)24-22-41-12-7-9-20-53(41)55)52-32-34-56-48(38-52)25-23-42-13-8-10-21-54(42)56/h1-39H. The fourth-order valence-corrected chi connectivity index (χ4v) is 9.28. The van der Waals surface area contributed by atoms with Crippen LogP contribution < -0.4 is 4.90 Å². The molecule has 3 heteroatoms. The molecule has 0 aliphatic heterocycles. The van der Waals surface area contributed by atoms with Gasteiger partial charge in [0.05, 0.1) is 11.0 Å². The van der Waals surface area contributed by atoms with E-state index in [-0.39, 0.29) is 0 Å². The summed E-state index contributed by atoms with van der Waals surface area (Å²) in [5.74, 6) is 0.932. The number of fused-ring (bicyclic) bond motifs is 7. The van der Waals surface area contributed by atoms with Crippen molar-refractivity contribution in [1.82, 2.24) is 9.55 Å². The van der Waals surface area contributed by atoms with E-state index in [9.17, 15) is 0 Å². The van der Waals surface area contributed by atoms with Crippen LogP contribution in [0, 0.1) is 0 Å². The summed E-state index contributed by atoms with van der Waals surface area (Å²) in [6.07, 6.45) is 0. The number of hydrogen-bond acceptors (Lipinski definition) is 2. The number of hydrogen-bond donors (Lipinski definition) is 0. The molecule has 62 heavy (non-hydrogen) atoms. The van der Waals surface area contributed by atoms with E-state index in [4.69, 9.17) is 4.98 Å². The molecule has 0 spiro atoms. The topological polar surface area (TPSA) is 21.1 Å². The average Bonchev–Trinajstić information content (AvgIpc) is 3.74. The van der Waals surface area contributed by atoms with Crippen molar-refractivity contribution in [2.45, 2.75) is 0 Å². The minimum Gasteiger partial charge on any atom is -0.310 e. The lowest BCUT2D eigenvalue weighted by atomic mass is 9.98. The Morgan fingerprint density at radius 3 is 1.44 bits per heavy atom. The third-order valence-electron chi connectivity index (χ3n) is 12.3. The fraction of sp³-hybridized carbons (Fsp3) is 0. The summed E-state index contributed by atoms with van der Waals surface area (Å²) >= 11 is 0. The Morgan fingerprint density at radius 2 is 0.790 bits per heavy atom. The van der Waals surface area contributed by atoms with Crippen molar-refractivity contribution in [2.75, 3.05) is 4.90 Å². The molecule has 0 radical (unpaired) electrons. The number of aromatic nitrogens is 2. The van der Waals surface area contributed by atoms with Crippen LogP contribution >= 0.6 is 0 Å². The zero-order valence-corrected chi connectivity index (χ0v) is 33.9. The summed E-state index contributed by atoms with van der Waals surface area (Å²) in [6, 6.07) is 85.5. The summed E-state index contributed by atoms with van der Waals surface area (Å²) in [4.78, 5) is 7.53. The molecule has 0 N–H and O–H groups in total. The number of para-hydroxylation sites is 1. The van der Waals surface area contributed by atoms with Gasteiger partial charge in [-0.3, -0.25) is 4.57 Å². The molecule has 0 saturated carbocycles. The van der Waals surface area contributed by atoms with Gasteiger partial charge in [-0.05, 0) is 132 Å². The molecule has 0 aliphatic carbocycles. The molecular weight excluding hydrogens is 751 g/mol. The van der Waals surface area contributed by atoms with E-state index in [0.29, 0.717) is 0 Å². The van der Waals surface area contributed by atoms with Crippen LogP contribution in [0.5, 0.6) is 0 Å². The zero-order valence-electron chi connectivity index (χ0n) is 33.9. The molecule has 0 saturated heterocycles. The van der Waals surface area contributed by atoms with E-state index in [1.165, 1.54) is 43.1 Å². The van der Waals surface area contributed by atoms with E-state index in [1.807, 2.05) is 6.07 Å². The molecule has 12 aromatic rings. The fourth-order valence-electron chi connectivity index (χ4n) is 9.28. The molecule has 0 atom stereocenters. The molecule has 0 bridgehead atoms. The summed E-state index contributed by atoms with van der Waals surface area (Å²) < 4.78 is 2.28. The van der Waals surface area contributed by atoms with Crippen molar-refractivity contribution >= 4 is 71.2 Å². The van der Waals surface area contributed by atoms with Crippen LogP contribution in [0.4, 0.5) is 17.1 Å². The monoisotopic (exact) mass is 789 g/mol. The molecule has 11 aromatic carbocycles. The maximum absolute atomic E-state index is 5.14. The lowest BCUT2D eigenvalue weighted by Gasteiger charge is -2.26. The van der Waals surface area contributed by atoms with Gasteiger partial charge in [0.15, 0.2) is 0 Å². The van der Waals surface area contributed by atoms with Gasteiger partial charge >= 0.3 is 0 Å². The lowest BCUT2D eigenvalue weighted by Crippen LogP contribution is -2.10. The second-order valence-electron chi connectivity index (χ2n) is 16.0. The van der Waals surface area contributed by atoms with Crippen LogP contribution in [0.1, 0.15) is 0 Å². The van der Waals surface area contributed by atoms with Gasteiger partial charge in [0.2, 0.25) is 0 Å². The van der Waals surface area contributed by atoms with E-state index in [2.05, 4.69) is 240 Å². The van der Waals surface area contributed by atoms with Gasteiger partial charge in [0.25, 0.3) is 0 Å². The molecule has 12 rings (SSSR count). The smallest absolute Gasteiger partial charge is 0.145 e. The molecule has 0 amide bonds. The minimum absolute atomic E-state index is 0.932. The third-order valence-corrected chi connectivity index (χ3v) is 12.3. The quantitative estimate of drug-likeness (QED) is 0.150. The van der Waals surface area contributed by atoms with Crippen LogP contribution in [-0.4, -0.2) is 9.55 Å². The largest absolute Gasteiger partial charge is 0.310 e. The van der Waals surface area contributed by atoms with Gasteiger partial charge in [-0.2, -0.15) is 0 Å². The number of benzene rings is 11. The van der Waals surface area contributed by atoms with E-state index in [1.54, 1.807) is 0 Å². The first-order valence-electron chi connectivity index (χ1n) is 21.2. The minimum atomic E-state index is 0.932. The van der Waals surface area contributed by atoms with Gasteiger partial charge in [-0.1, -0.05) is 170 Å². The molecule has 0 aliphatic rings. The second kappa shape index (κ2) is 14.8. The molecule has 1 aromatic heterocycles. The Morgan fingerprint density at radius 1 is 0.306 bits per heavy atom. The van der Waals surface area contributed by atoms with E-state index >= 15 is 0 Å². The summed E-state index contributed by atoms with van der Waals surface area (Å²) in [5.41, 5.74) is 12.2. The first kappa shape index (κ1) is 35.7. The van der Waals surface area contributed by atoms with Crippen LogP contribution in [0.3, 0.4) is 0 Å². The van der Waals surface area contributed by atoms with Crippen molar-refractivity contribution in [1.29, 1.82) is 0 Å². The predicted octanol–water partition coefficient (Wildman–Crippen LogP) is 16.1. The Bertz CT molecular complexity index is 3510. The number of rotatable bonds is 7. The van der Waals surface area contributed by atoms with E-state index in [0.717, 1.165) is 67.4 Å². The average molecular weight is 790 g/mol. The van der Waals surface area contributed by atoms with Crippen LogP contribution in [0.2, 0.25) is 0 Å². The Labute approximate surface area is 360 Å². The van der Waals surface area contributed by atoms with Gasteiger partial charge in [-0.25, -0.2) is 4.98 Å².